The second-order valence-corrected chi connectivity index (χ2v) is 25.4. The number of pyridine rings is 3. The van der Waals surface area contributed by atoms with Gasteiger partial charge in [0, 0.05) is 113 Å². The third-order valence-corrected chi connectivity index (χ3v) is 14.8. The van der Waals surface area contributed by atoms with E-state index in [1.807, 2.05) is 45.9 Å². The number of alkyl halides is 1. The number of piperidine rings is 1. The number of nitrogens with one attached hydrogen (secondary N) is 5. The number of anilines is 3. The second-order valence-electron chi connectivity index (χ2n) is 25.4. The Labute approximate surface area is 513 Å². The van der Waals surface area contributed by atoms with Crippen molar-refractivity contribution >= 4 is 17.5 Å². The van der Waals surface area contributed by atoms with Crippen molar-refractivity contribution in [1.29, 1.82) is 0 Å². The van der Waals surface area contributed by atoms with Gasteiger partial charge in [-0.2, -0.15) is 24.8 Å². The molecule has 25 nitrogen and oxygen atoms in total. The molecule has 0 amide bonds. The number of hydrogen-bond acceptors (Lipinski definition) is 22. The molecule has 3 fully saturated rings. The number of H-pyrrole nitrogens is 1. The summed E-state index contributed by atoms with van der Waals surface area (Å²) in [4.78, 5) is 18.6. The van der Waals surface area contributed by atoms with E-state index in [1.165, 1.54) is 41.7 Å². The molecule has 3 aliphatic heterocycles. The minimum atomic E-state index is -2.36. The molecule has 4 atom stereocenters. The normalized spacial score (nSPS) is 19.6. The Bertz CT molecular complexity index is 3910. The van der Waals surface area contributed by atoms with E-state index < -0.39 is 30.7 Å². The largest absolute Gasteiger partial charge is 0.506 e. The molecule has 8 N–H and O–H groups in total. The van der Waals surface area contributed by atoms with Gasteiger partial charge in [-0.05, 0) is 137 Å². The lowest BCUT2D eigenvalue weighted by molar-refractivity contribution is 0.0655. The van der Waals surface area contributed by atoms with E-state index in [2.05, 4.69) is 144 Å². The molecule has 12 heterocycles. The van der Waals surface area contributed by atoms with E-state index >= 15 is 0 Å². The fourth-order valence-electron chi connectivity index (χ4n) is 11.3. The maximum Gasteiger partial charge on any atom is 0.216 e. The van der Waals surface area contributed by atoms with E-state index in [9.17, 15) is 24.1 Å². The average Bonchev–Trinajstić information content (AvgIpc) is 1.93. The van der Waals surface area contributed by atoms with Crippen LogP contribution in [0.5, 0.6) is 17.2 Å². The molecule has 0 saturated carbocycles. The fourth-order valence-corrected chi connectivity index (χ4v) is 11.3. The van der Waals surface area contributed by atoms with Crippen molar-refractivity contribution in [2.45, 2.75) is 135 Å². The van der Waals surface area contributed by atoms with Crippen molar-refractivity contribution in [2.75, 3.05) is 41.3 Å². The lowest BCUT2D eigenvalue weighted by atomic mass is 9.78. The van der Waals surface area contributed by atoms with Gasteiger partial charge in [0.05, 0.1) is 42.6 Å². The van der Waals surface area contributed by atoms with Gasteiger partial charge in [0.2, 0.25) is 5.95 Å². The van der Waals surface area contributed by atoms with Crippen LogP contribution in [0.3, 0.4) is 0 Å². The van der Waals surface area contributed by atoms with Gasteiger partial charge in [-0.15, -0.1) is 35.4 Å². The van der Waals surface area contributed by atoms with Crippen LogP contribution in [0.25, 0.3) is 62.1 Å². The Morgan fingerprint density at radius 2 is 1.17 bits per heavy atom. The zero-order valence-corrected chi connectivity index (χ0v) is 50.8. The summed E-state index contributed by atoms with van der Waals surface area (Å²) in [5.41, 5.74) is 3.71. The summed E-state index contributed by atoms with van der Waals surface area (Å²) >= 11 is 0. The number of aromatic nitrogens is 16. The van der Waals surface area contributed by atoms with E-state index in [-0.39, 0.29) is 45.1 Å². The summed E-state index contributed by atoms with van der Waals surface area (Å²) in [6.07, 6.45) is 13.4. The molecule has 3 saturated heterocycles. The van der Waals surface area contributed by atoms with Gasteiger partial charge in [-0.25, -0.2) is 19.3 Å². The number of aromatic hydroxyl groups is 3. The highest BCUT2D eigenvalue weighted by Crippen LogP contribution is 2.36. The second kappa shape index (κ2) is 25.2. The van der Waals surface area contributed by atoms with Crippen molar-refractivity contribution in [3.8, 4) is 79.4 Å². The number of hydrogen-bond donors (Lipinski definition) is 8. The highest BCUT2D eigenvalue weighted by Gasteiger charge is 2.46. The lowest BCUT2D eigenvalue weighted by Crippen LogP contribution is -2.67. The molecular weight excluding hydrogens is 1130 g/mol. The molecule has 9 aromatic heterocycles. The number of rotatable bonds is 12. The van der Waals surface area contributed by atoms with E-state index in [1.54, 1.807) is 49.1 Å². The first-order chi connectivity index (χ1) is 42.9. The number of aromatic amines is 1. The summed E-state index contributed by atoms with van der Waals surface area (Å²) in [6, 6.07) is 15.6. The van der Waals surface area contributed by atoms with Crippen molar-refractivity contribution in [2.24, 2.45) is 6.98 Å². The quantitative estimate of drug-likeness (QED) is 0.0577. The predicted molar refractivity (Wildman–Crippen MR) is 331 cm³/mol. The molecule has 12 rings (SSSR count). The molecule has 9 aromatic rings. The fraction of sp³-hybridized carbons (Fsp3) is 0.426. The third kappa shape index (κ3) is 15.1. The minimum absolute atomic E-state index is 0.00691. The van der Waals surface area contributed by atoms with Crippen LogP contribution >= 0.6 is 0 Å². The number of nitrogens with zero attached hydrogens (tertiary/aromatic N) is 17. The van der Waals surface area contributed by atoms with Crippen LogP contribution in [0.15, 0.2) is 104 Å². The molecule has 0 radical (unpaired) electrons. The average molecular weight is 1210 g/mol. The zero-order valence-electron chi connectivity index (χ0n) is 53.8. The van der Waals surface area contributed by atoms with E-state index in [4.69, 9.17) is 4.11 Å². The zero-order chi connectivity index (χ0) is 65.2. The molecule has 462 valence electrons. The van der Waals surface area contributed by atoms with E-state index in [0.29, 0.717) is 75.2 Å². The molecule has 0 spiro atoms. The van der Waals surface area contributed by atoms with Gasteiger partial charge in [-0.1, -0.05) is 0 Å². The summed E-state index contributed by atoms with van der Waals surface area (Å²) < 4.78 is 51.8. The summed E-state index contributed by atoms with van der Waals surface area (Å²) in [6.45, 7) is 22.0. The SMILES string of the molecule is CC(C)(C)N[C@@H]1CCN(c2ccc(-c3ncc(-n4nccn4)cc3O)nn2)C1.CC1(C)C[C@H](Nc2ccc(-c3ncc(-c4cn[nH]c4F)cc3O)nn2)[C@H](F)C(C)(C)N1.[2H]C([2H])([2H])n1cc(-c2cnc(-c3ccc(N4CC[C@@H](NC(C)(C)C)C4)nn3)c(O)c2)cn1. The molecule has 27 heteroatoms. The van der Waals surface area contributed by atoms with Crippen LogP contribution in [-0.4, -0.2) is 168 Å². The van der Waals surface area contributed by atoms with Crippen LogP contribution in [0.4, 0.5) is 26.2 Å². The number of halogens is 2. The molecule has 0 aromatic carbocycles. The smallest absolute Gasteiger partial charge is 0.216 e. The Morgan fingerprint density at radius 1 is 0.636 bits per heavy atom. The summed E-state index contributed by atoms with van der Waals surface area (Å²) in [5, 5.41) is 88.2. The predicted octanol–water partition coefficient (Wildman–Crippen LogP) is 7.85. The Kier molecular flexibility index (Phi) is 16.6. The highest BCUT2D eigenvalue weighted by molar-refractivity contribution is 5.72. The molecule has 3 aliphatic rings. The van der Waals surface area contributed by atoms with Gasteiger partial charge >= 0.3 is 0 Å². The van der Waals surface area contributed by atoms with Crippen molar-refractivity contribution in [3.63, 3.8) is 0 Å². The molecular formula is C61H76F2N22O3. The lowest BCUT2D eigenvalue weighted by Gasteiger charge is -2.48. The van der Waals surface area contributed by atoms with Gasteiger partial charge in [0.15, 0.2) is 11.6 Å². The minimum Gasteiger partial charge on any atom is -0.506 e. The van der Waals surface area contributed by atoms with Crippen molar-refractivity contribution < 1.29 is 28.2 Å². The first kappa shape index (κ1) is 57.8. The van der Waals surface area contributed by atoms with Crippen LogP contribution in [-0.2, 0) is 6.98 Å². The standard InChI is InChI=1S/C21H25F2N7O.C21H27N7O.C19H24N8O/c1-20(2)8-14(18(22)21(3,4)30-20)26-16-6-5-13(27-28-16)17-15(31)7-11(9-24-17)12-10-25-29-19(12)23;1-21(2,3)24-16-7-8-28(13-16)19-6-5-17(25-26-19)20-18(29)9-14(10-22-20)15-11-23-27(4)12-15;1-19(2,3)23-13-6-9-26(12-13)17-5-4-15(24-25-17)18-16(28)10-14(11-20-18)27-21-7-8-22-27/h5-7,9-10,14,18,30-31H,8H2,1-4H3,(H,25,29)(H,26,28);5-6,9-12,16,24,29H,7-8,13H2,1-4H3;4-5,7-8,10-11,13,23,28H,6,9,12H2,1-3H3/t14-,18-;16-;13-/m011/s1/i;4D3;. The van der Waals surface area contributed by atoms with Crippen LogP contribution < -0.4 is 31.1 Å². The number of aryl methyl sites for hydroxylation is 1. The molecule has 0 aliphatic carbocycles. The summed E-state index contributed by atoms with van der Waals surface area (Å²) in [7, 11) is 0. The first-order valence-corrected chi connectivity index (χ1v) is 28.9. The molecule has 88 heavy (non-hydrogen) atoms. The van der Waals surface area contributed by atoms with Crippen LogP contribution in [0, 0.1) is 5.95 Å². The summed E-state index contributed by atoms with van der Waals surface area (Å²) in [5.74, 6) is 1.22. The maximum absolute atomic E-state index is 15.0. The van der Waals surface area contributed by atoms with Crippen molar-refractivity contribution in [3.05, 3.63) is 110 Å². The molecule has 0 bridgehead atoms. The third-order valence-electron chi connectivity index (χ3n) is 14.8. The van der Waals surface area contributed by atoms with E-state index in [0.717, 1.165) is 55.3 Å². The topological polar surface area (TPSA) is 309 Å². The molecule has 0 unspecified atom stereocenters. The monoisotopic (exact) mass is 1210 g/mol. The van der Waals surface area contributed by atoms with Gasteiger partial charge in [-0.3, -0.25) is 9.78 Å². The Balaban J connectivity index is 0.000000150. The highest BCUT2D eigenvalue weighted by atomic mass is 19.1. The van der Waals surface area contributed by atoms with Crippen LogP contribution in [0.2, 0.25) is 0 Å². The maximum atomic E-state index is 15.0. The van der Waals surface area contributed by atoms with Gasteiger partial charge < -0.3 is 46.4 Å². The van der Waals surface area contributed by atoms with Crippen molar-refractivity contribution in [1.82, 2.24) is 96.5 Å². The Morgan fingerprint density at radius 3 is 1.65 bits per heavy atom. The first-order valence-electron chi connectivity index (χ1n) is 30.4. The van der Waals surface area contributed by atoms with Gasteiger partial charge in [0.25, 0.3) is 0 Å². The van der Waals surface area contributed by atoms with Gasteiger partial charge in [0.1, 0.15) is 69.1 Å². The van der Waals surface area contributed by atoms with Crippen LogP contribution in [0.1, 0.15) is 92.6 Å². The Hall–Kier alpha value is -9.21.